The van der Waals surface area contributed by atoms with E-state index in [0.29, 0.717) is 6.04 Å². The summed E-state index contributed by atoms with van der Waals surface area (Å²) in [5.74, 6) is 0.285. The van der Waals surface area contributed by atoms with Gasteiger partial charge in [-0.2, -0.15) is 0 Å². The van der Waals surface area contributed by atoms with Crippen LogP contribution in [0.15, 0.2) is 18.2 Å². The fraction of sp³-hybridized carbons (Fsp3) is 0.611. The van der Waals surface area contributed by atoms with Crippen LogP contribution in [0.1, 0.15) is 51.7 Å². The van der Waals surface area contributed by atoms with Crippen molar-refractivity contribution in [2.24, 2.45) is 5.92 Å². The van der Waals surface area contributed by atoms with E-state index in [4.69, 9.17) is 0 Å². The fourth-order valence-electron chi connectivity index (χ4n) is 3.12. The third-order valence-electron chi connectivity index (χ3n) is 4.31. The molecule has 0 saturated carbocycles. The molecule has 0 bridgehead atoms. The second-order valence-corrected chi connectivity index (χ2v) is 7.35. The van der Waals surface area contributed by atoms with E-state index >= 15 is 0 Å². The Balaban J connectivity index is 2.11. The lowest BCUT2D eigenvalue weighted by molar-refractivity contribution is -0.120. The molecule has 1 aromatic rings. The van der Waals surface area contributed by atoms with E-state index in [1.54, 1.807) is 0 Å². The topological polar surface area (TPSA) is 41.1 Å². The van der Waals surface area contributed by atoms with Crippen molar-refractivity contribution < 1.29 is 4.79 Å². The zero-order chi connectivity index (χ0) is 15.6. The minimum absolute atomic E-state index is 0.0914. The predicted octanol–water partition coefficient (Wildman–Crippen LogP) is 3.62. The number of hydrogen-bond donors (Lipinski definition) is 2. The molecule has 2 unspecified atom stereocenters. The molecule has 1 aliphatic heterocycles. The Kier molecular flexibility index (Phi) is 4.72. The Morgan fingerprint density at radius 3 is 2.67 bits per heavy atom. The first kappa shape index (κ1) is 16.0. The summed E-state index contributed by atoms with van der Waals surface area (Å²) in [4.78, 5) is 12.4. The van der Waals surface area contributed by atoms with Gasteiger partial charge in [0.1, 0.15) is 0 Å². The number of piperidine rings is 1. The van der Waals surface area contributed by atoms with Gasteiger partial charge < -0.3 is 10.6 Å². The highest BCUT2D eigenvalue weighted by Crippen LogP contribution is 2.28. The van der Waals surface area contributed by atoms with Crippen LogP contribution >= 0.6 is 0 Å². The predicted molar refractivity (Wildman–Crippen MR) is 88.7 cm³/mol. The molecule has 1 amide bonds. The zero-order valence-corrected chi connectivity index (χ0v) is 13.9. The Morgan fingerprint density at radius 2 is 2.05 bits per heavy atom. The van der Waals surface area contributed by atoms with Gasteiger partial charge in [-0.1, -0.05) is 26.8 Å². The maximum absolute atomic E-state index is 12.4. The van der Waals surface area contributed by atoms with Crippen molar-refractivity contribution in [1.82, 2.24) is 5.32 Å². The monoisotopic (exact) mass is 288 g/mol. The first-order valence-electron chi connectivity index (χ1n) is 7.93. The summed E-state index contributed by atoms with van der Waals surface area (Å²) >= 11 is 0. The molecule has 0 spiro atoms. The Hall–Kier alpha value is -1.35. The summed E-state index contributed by atoms with van der Waals surface area (Å²) in [6, 6.07) is 6.66. The smallest absolute Gasteiger partial charge is 0.227 e. The first-order chi connectivity index (χ1) is 9.77. The van der Waals surface area contributed by atoms with Crippen LogP contribution in [0.3, 0.4) is 0 Å². The van der Waals surface area contributed by atoms with Crippen LogP contribution in [0.5, 0.6) is 0 Å². The number of carbonyl (C=O) groups is 1. The maximum atomic E-state index is 12.4. The quantitative estimate of drug-likeness (QED) is 0.872. The van der Waals surface area contributed by atoms with Crippen molar-refractivity contribution in [2.45, 2.75) is 58.9 Å². The molecule has 1 fully saturated rings. The molecule has 3 heteroatoms. The van der Waals surface area contributed by atoms with Crippen LogP contribution < -0.4 is 10.6 Å². The van der Waals surface area contributed by atoms with E-state index in [9.17, 15) is 4.79 Å². The standard InChI is InChI=1S/C18H28N2O/c1-12-6-7-15(11-16(12)18(3,4)5)20-17(21)14-8-9-19-13(2)10-14/h6-7,11,13-14,19H,8-10H2,1-5H3,(H,20,21). The lowest BCUT2D eigenvalue weighted by Gasteiger charge is -2.27. The highest BCUT2D eigenvalue weighted by molar-refractivity contribution is 5.92. The molecule has 0 radical (unpaired) electrons. The summed E-state index contributed by atoms with van der Waals surface area (Å²) < 4.78 is 0. The van der Waals surface area contributed by atoms with Crippen LogP contribution in [-0.4, -0.2) is 18.5 Å². The highest BCUT2D eigenvalue weighted by atomic mass is 16.1. The molecular formula is C18H28N2O. The SMILES string of the molecule is Cc1ccc(NC(=O)C2CCNC(C)C2)cc1C(C)(C)C. The van der Waals surface area contributed by atoms with E-state index in [-0.39, 0.29) is 17.2 Å². The third kappa shape index (κ3) is 4.07. The van der Waals surface area contributed by atoms with Crippen molar-refractivity contribution in [2.75, 3.05) is 11.9 Å². The average Bonchev–Trinajstić information content (AvgIpc) is 2.39. The van der Waals surface area contributed by atoms with Crippen LogP contribution in [0.2, 0.25) is 0 Å². The lowest BCUT2D eigenvalue weighted by Crippen LogP contribution is -2.40. The van der Waals surface area contributed by atoms with Gasteiger partial charge in [0.2, 0.25) is 5.91 Å². The van der Waals surface area contributed by atoms with Crippen molar-refractivity contribution in [3.63, 3.8) is 0 Å². The van der Waals surface area contributed by atoms with Gasteiger partial charge in [0.25, 0.3) is 0 Å². The molecular weight excluding hydrogens is 260 g/mol. The van der Waals surface area contributed by atoms with Crippen molar-refractivity contribution >= 4 is 11.6 Å². The van der Waals surface area contributed by atoms with Crippen LogP contribution in [0.4, 0.5) is 5.69 Å². The van der Waals surface area contributed by atoms with Gasteiger partial charge in [-0.25, -0.2) is 0 Å². The van der Waals surface area contributed by atoms with E-state index in [0.717, 1.165) is 25.1 Å². The molecule has 0 aromatic heterocycles. The largest absolute Gasteiger partial charge is 0.326 e. The van der Waals surface area contributed by atoms with Gasteiger partial charge in [-0.15, -0.1) is 0 Å². The average molecular weight is 288 g/mol. The number of hydrogen-bond acceptors (Lipinski definition) is 2. The highest BCUT2D eigenvalue weighted by Gasteiger charge is 2.25. The number of anilines is 1. The summed E-state index contributed by atoms with van der Waals surface area (Å²) in [5.41, 5.74) is 3.57. The Labute approximate surface area is 128 Å². The van der Waals surface area contributed by atoms with Crippen molar-refractivity contribution in [1.29, 1.82) is 0 Å². The summed E-state index contributed by atoms with van der Waals surface area (Å²) in [7, 11) is 0. The number of amides is 1. The molecule has 3 nitrogen and oxygen atoms in total. The molecule has 2 rings (SSSR count). The van der Waals surface area contributed by atoms with Gasteiger partial charge in [0, 0.05) is 17.6 Å². The van der Waals surface area contributed by atoms with Crippen molar-refractivity contribution in [3.8, 4) is 0 Å². The molecule has 1 heterocycles. The van der Waals surface area contributed by atoms with Gasteiger partial charge >= 0.3 is 0 Å². The molecule has 21 heavy (non-hydrogen) atoms. The van der Waals surface area contributed by atoms with E-state index < -0.39 is 0 Å². The molecule has 0 aliphatic carbocycles. The van der Waals surface area contributed by atoms with Crippen LogP contribution in [0.25, 0.3) is 0 Å². The summed E-state index contributed by atoms with van der Waals surface area (Å²) in [5, 5.41) is 6.49. The maximum Gasteiger partial charge on any atom is 0.227 e. The molecule has 2 N–H and O–H groups in total. The van der Waals surface area contributed by atoms with Gasteiger partial charge in [-0.3, -0.25) is 4.79 Å². The number of rotatable bonds is 2. The minimum atomic E-state index is 0.0914. The summed E-state index contributed by atoms with van der Waals surface area (Å²) in [6.45, 7) is 11.8. The van der Waals surface area contributed by atoms with E-state index in [1.165, 1.54) is 11.1 Å². The Morgan fingerprint density at radius 1 is 1.33 bits per heavy atom. The molecule has 116 valence electrons. The number of benzene rings is 1. The van der Waals surface area contributed by atoms with Crippen molar-refractivity contribution in [3.05, 3.63) is 29.3 Å². The second-order valence-electron chi connectivity index (χ2n) is 7.35. The van der Waals surface area contributed by atoms with Gasteiger partial charge in [0.05, 0.1) is 0 Å². The molecule has 1 aliphatic rings. The number of carbonyl (C=O) groups excluding carboxylic acids is 1. The molecule has 1 saturated heterocycles. The van der Waals surface area contributed by atoms with Gasteiger partial charge in [-0.05, 0) is 61.9 Å². The molecule has 2 atom stereocenters. The molecule has 1 aromatic carbocycles. The van der Waals surface area contributed by atoms with Crippen LogP contribution in [0, 0.1) is 12.8 Å². The van der Waals surface area contributed by atoms with Gasteiger partial charge in [0.15, 0.2) is 0 Å². The second kappa shape index (κ2) is 6.18. The first-order valence-corrected chi connectivity index (χ1v) is 7.93. The lowest BCUT2D eigenvalue weighted by atomic mass is 9.84. The van der Waals surface area contributed by atoms with Crippen LogP contribution in [-0.2, 0) is 10.2 Å². The normalized spacial score (nSPS) is 22.9. The fourth-order valence-corrected chi connectivity index (χ4v) is 3.12. The van der Waals surface area contributed by atoms with E-state index in [1.807, 2.05) is 6.07 Å². The number of aryl methyl sites for hydroxylation is 1. The minimum Gasteiger partial charge on any atom is -0.326 e. The third-order valence-corrected chi connectivity index (χ3v) is 4.31. The van der Waals surface area contributed by atoms with E-state index in [2.05, 4.69) is 57.4 Å². The Bertz CT molecular complexity index is 516. The summed E-state index contributed by atoms with van der Waals surface area (Å²) in [6.07, 6.45) is 1.85. The number of nitrogens with one attached hydrogen (secondary N) is 2. The zero-order valence-electron chi connectivity index (χ0n) is 13.9.